The molecule has 0 unspecified atom stereocenters. The number of hydrogen-bond acceptors (Lipinski definition) is 4. The van der Waals surface area contributed by atoms with Crippen molar-refractivity contribution in [2.45, 2.75) is 45.7 Å². The van der Waals surface area contributed by atoms with E-state index in [2.05, 4.69) is 27.1 Å². The molecule has 1 aromatic heterocycles. The van der Waals surface area contributed by atoms with Crippen molar-refractivity contribution in [3.8, 4) is 0 Å². The standard InChI is InChI=1S/C22H32FN7O.HI/c1-2-24-21(28-16-14-27(15-17-28)19-9-7-18(23)8-10-19)25-11-5-13-30-22(31)29-12-4-3-6-20(29)26-30;/h7-10H,2-6,11-17H2,1H3,(H,24,25);1H. The van der Waals surface area contributed by atoms with Gasteiger partial charge in [-0.3, -0.25) is 9.56 Å². The van der Waals surface area contributed by atoms with Crippen molar-refractivity contribution in [1.82, 2.24) is 24.6 Å². The Kier molecular flexibility index (Phi) is 8.94. The van der Waals surface area contributed by atoms with E-state index >= 15 is 0 Å². The molecule has 1 saturated heterocycles. The average Bonchev–Trinajstić information content (AvgIpc) is 3.12. The maximum absolute atomic E-state index is 13.2. The van der Waals surface area contributed by atoms with Crippen LogP contribution in [0.4, 0.5) is 10.1 Å². The van der Waals surface area contributed by atoms with Gasteiger partial charge < -0.3 is 15.1 Å². The lowest BCUT2D eigenvalue weighted by atomic mass is 10.2. The molecule has 2 aliphatic rings. The Morgan fingerprint density at radius 2 is 1.88 bits per heavy atom. The second-order valence-electron chi connectivity index (χ2n) is 8.07. The first-order valence-corrected chi connectivity index (χ1v) is 11.4. The third kappa shape index (κ3) is 5.81. The number of aryl methyl sites for hydroxylation is 2. The number of anilines is 1. The molecule has 176 valence electrons. The van der Waals surface area contributed by atoms with Gasteiger partial charge in [0, 0.05) is 64.5 Å². The van der Waals surface area contributed by atoms with E-state index < -0.39 is 0 Å². The number of benzene rings is 1. The Morgan fingerprint density at radius 3 is 2.56 bits per heavy atom. The molecule has 0 amide bonds. The maximum atomic E-state index is 13.2. The summed E-state index contributed by atoms with van der Waals surface area (Å²) in [6.45, 7) is 8.36. The fourth-order valence-corrected chi connectivity index (χ4v) is 4.25. The predicted octanol–water partition coefficient (Wildman–Crippen LogP) is 2.32. The number of nitrogens with one attached hydrogen (secondary N) is 1. The summed E-state index contributed by atoms with van der Waals surface area (Å²) < 4.78 is 16.6. The van der Waals surface area contributed by atoms with Crippen molar-refractivity contribution in [3.63, 3.8) is 0 Å². The summed E-state index contributed by atoms with van der Waals surface area (Å²) in [6, 6.07) is 6.68. The molecule has 1 aromatic carbocycles. The van der Waals surface area contributed by atoms with Gasteiger partial charge >= 0.3 is 5.69 Å². The number of fused-ring (bicyclic) bond motifs is 1. The average molecular weight is 557 g/mol. The van der Waals surface area contributed by atoms with Gasteiger partial charge in [-0.15, -0.1) is 24.0 Å². The molecule has 2 aliphatic heterocycles. The van der Waals surface area contributed by atoms with Crippen LogP contribution in [0, 0.1) is 5.82 Å². The van der Waals surface area contributed by atoms with Gasteiger partial charge in [0.15, 0.2) is 5.96 Å². The SMILES string of the molecule is CCNC(=NCCCn1nc2n(c1=O)CCCC2)N1CCN(c2ccc(F)cc2)CC1.I. The molecule has 3 heterocycles. The summed E-state index contributed by atoms with van der Waals surface area (Å²) in [6.07, 6.45) is 3.85. The van der Waals surface area contributed by atoms with Gasteiger partial charge in [0.25, 0.3) is 0 Å². The van der Waals surface area contributed by atoms with Gasteiger partial charge in [0.05, 0.1) is 0 Å². The highest BCUT2D eigenvalue weighted by Crippen LogP contribution is 2.17. The van der Waals surface area contributed by atoms with Gasteiger partial charge in [-0.1, -0.05) is 0 Å². The Hall–Kier alpha value is -2.11. The molecule has 1 N–H and O–H groups in total. The highest BCUT2D eigenvalue weighted by molar-refractivity contribution is 14.0. The first kappa shape index (κ1) is 24.5. The molecular formula is C22H33FIN7O. The summed E-state index contributed by atoms with van der Waals surface area (Å²) in [7, 11) is 0. The summed E-state index contributed by atoms with van der Waals surface area (Å²) in [5, 5.41) is 7.88. The second-order valence-corrected chi connectivity index (χ2v) is 8.07. The Labute approximate surface area is 205 Å². The monoisotopic (exact) mass is 557 g/mol. The number of aromatic nitrogens is 3. The van der Waals surface area contributed by atoms with Crippen LogP contribution in [0.5, 0.6) is 0 Å². The van der Waals surface area contributed by atoms with Crippen LogP contribution in [0.3, 0.4) is 0 Å². The lowest BCUT2D eigenvalue weighted by molar-refractivity contribution is 0.372. The zero-order valence-electron chi connectivity index (χ0n) is 18.7. The summed E-state index contributed by atoms with van der Waals surface area (Å²) in [4.78, 5) is 21.8. The molecule has 10 heteroatoms. The van der Waals surface area contributed by atoms with Crippen LogP contribution in [-0.2, 0) is 19.5 Å². The van der Waals surface area contributed by atoms with E-state index in [0.717, 1.165) is 82.4 Å². The van der Waals surface area contributed by atoms with E-state index in [1.807, 2.05) is 16.7 Å². The van der Waals surface area contributed by atoms with Crippen LogP contribution >= 0.6 is 24.0 Å². The lowest BCUT2D eigenvalue weighted by Gasteiger charge is -2.37. The third-order valence-corrected chi connectivity index (χ3v) is 5.93. The van der Waals surface area contributed by atoms with Gasteiger partial charge in [-0.05, 0) is 50.5 Å². The van der Waals surface area contributed by atoms with Gasteiger partial charge in [-0.2, -0.15) is 5.10 Å². The number of rotatable bonds is 6. The topological polar surface area (TPSA) is 70.7 Å². The molecule has 0 atom stereocenters. The minimum absolute atomic E-state index is 0. The molecule has 0 spiro atoms. The maximum Gasteiger partial charge on any atom is 0.345 e. The smallest absolute Gasteiger partial charge is 0.345 e. The minimum atomic E-state index is -0.207. The van der Waals surface area contributed by atoms with E-state index in [0.29, 0.717) is 13.1 Å². The van der Waals surface area contributed by atoms with Crippen LogP contribution in [0.1, 0.15) is 32.0 Å². The van der Waals surface area contributed by atoms with E-state index in [-0.39, 0.29) is 35.5 Å². The van der Waals surface area contributed by atoms with Crippen molar-refractivity contribution < 1.29 is 4.39 Å². The normalized spacial score (nSPS) is 16.5. The highest BCUT2D eigenvalue weighted by atomic mass is 127. The Morgan fingerprint density at radius 1 is 1.12 bits per heavy atom. The number of hydrogen-bond donors (Lipinski definition) is 1. The van der Waals surface area contributed by atoms with Crippen molar-refractivity contribution in [2.75, 3.05) is 44.2 Å². The summed E-state index contributed by atoms with van der Waals surface area (Å²) in [5.74, 6) is 1.63. The van der Waals surface area contributed by atoms with Crippen LogP contribution < -0.4 is 15.9 Å². The van der Waals surface area contributed by atoms with E-state index in [1.165, 1.54) is 12.1 Å². The molecule has 0 saturated carbocycles. The zero-order valence-corrected chi connectivity index (χ0v) is 21.0. The summed E-state index contributed by atoms with van der Waals surface area (Å²) >= 11 is 0. The predicted molar refractivity (Wildman–Crippen MR) is 136 cm³/mol. The van der Waals surface area contributed by atoms with Crippen LogP contribution in [-0.4, -0.2) is 64.5 Å². The van der Waals surface area contributed by atoms with E-state index in [9.17, 15) is 9.18 Å². The number of piperazine rings is 1. The first-order valence-electron chi connectivity index (χ1n) is 11.4. The number of guanidine groups is 1. The number of halogens is 2. The van der Waals surface area contributed by atoms with Crippen LogP contribution in [0.15, 0.2) is 34.1 Å². The first-order chi connectivity index (χ1) is 15.2. The van der Waals surface area contributed by atoms with E-state index in [1.54, 1.807) is 4.68 Å². The fourth-order valence-electron chi connectivity index (χ4n) is 4.25. The molecule has 8 nitrogen and oxygen atoms in total. The fraction of sp³-hybridized carbons (Fsp3) is 0.591. The molecule has 1 fully saturated rings. The van der Waals surface area contributed by atoms with Gasteiger partial charge in [-0.25, -0.2) is 13.9 Å². The van der Waals surface area contributed by atoms with Crippen molar-refractivity contribution >= 4 is 35.6 Å². The molecule has 2 aromatic rings. The highest BCUT2D eigenvalue weighted by Gasteiger charge is 2.20. The van der Waals surface area contributed by atoms with Crippen molar-refractivity contribution in [1.29, 1.82) is 0 Å². The molecular weight excluding hydrogens is 524 g/mol. The summed E-state index contributed by atoms with van der Waals surface area (Å²) in [5.41, 5.74) is 1.07. The molecule has 0 aliphatic carbocycles. The third-order valence-electron chi connectivity index (χ3n) is 5.93. The van der Waals surface area contributed by atoms with Gasteiger partial charge in [0.2, 0.25) is 0 Å². The Balaban J connectivity index is 0.00000289. The molecule has 32 heavy (non-hydrogen) atoms. The van der Waals surface area contributed by atoms with Crippen LogP contribution in [0.25, 0.3) is 0 Å². The van der Waals surface area contributed by atoms with Crippen molar-refractivity contribution in [2.24, 2.45) is 4.99 Å². The Bertz CT molecular complexity index is 948. The zero-order chi connectivity index (χ0) is 21.6. The van der Waals surface area contributed by atoms with Crippen molar-refractivity contribution in [3.05, 3.63) is 46.4 Å². The molecule has 4 rings (SSSR count). The molecule has 0 bridgehead atoms. The lowest BCUT2D eigenvalue weighted by Crippen LogP contribution is -2.52. The quantitative estimate of drug-likeness (QED) is 0.256. The van der Waals surface area contributed by atoms with Crippen LogP contribution in [0.2, 0.25) is 0 Å². The largest absolute Gasteiger partial charge is 0.368 e. The number of aliphatic imine (C=N–C) groups is 1. The van der Waals surface area contributed by atoms with E-state index in [4.69, 9.17) is 4.99 Å². The van der Waals surface area contributed by atoms with Gasteiger partial charge in [0.1, 0.15) is 11.6 Å². The molecule has 0 radical (unpaired) electrons. The minimum Gasteiger partial charge on any atom is -0.368 e. The second kappa shape index (κ2) is 11.7. The number of nitrogens with zero attached hydrogens (tertiary/aromatic N) is 6.